The normalized spacial score (nSPS) is 27.3. The van der Waals surface area contributed by atoms with Crippen LogP contribution in [0.2, 0.25) is 18.1 Å². The van der Waals surface area contributed by atoms with Crippen molar-refractivity contribution in [3.05, 3.63) is 0 Å². The summed E-state index contributed by atoms with van der Waals surface area (Å²) in [6, 6.07) is -0.349. The Balaban J connectivity index is 2.33. The molecule has 2 aliphatic carbocycles. The van der Waals surface area contributed by atoms with E-state index >= 15 is 0 Å². The van der Waals surface area contributed by atoms with Gasteiger partial charge in [0.1, 0.15) is 11.2 Å². The Bertz CT molecular complexity index is 613. The Morgan fingerprint density at radius 2 is 1.28 bits per heavy atom. The molecule has 4 atom stereocenters. The Kier molecular flexibility index (Phi) is 6.30. The molecule has 6 nitrogen and oxygen atoms in total. The zero-order chi connectivity index (χ0) is 22.6. The largest absolute Gasteiger partial charge is 0.443 e. The van der Waals surface area contributed by atoms with Crippen molar-refractivity contribution in [2.45, 2.75) is 117 Å². The molecule has 0 unspecified atom stereocenters. The van der Waals surface area contributed by atoms with E-state index in [2.05, 4.69) is 33.9 Å². The Labute approximate surface area is 177 Å². The van der Waals surface area contributed by atoms with Crippen LogP contribution in [-0.2, 0) is 13.9 Å². The van der Waals surface area contributed by atoms with Crippen LogP contribution in [0.4, 0.5) is 9.59 Å². The van der Waals surface area contributed by atoms with Gasteiger partial charge in [0.05, 0.1) is 12.1 Å². The number of hydrogen-bond donors (Lipinski definition) is 0. The molecule has 0 aromatic heterocycles. The van der Waals surface area contributed by atoms with Crippen molar-refractivity contribution in [3.63, 3.8) is 0 Å². The van der Waals surface area contributed by atoms with Gasteiger partial charge in [0.15, 0.2) is 8.32 Å². The molecule has 0 radical (unpaired) electrons. The number of nitrogens with zero attached hydrogens (tertiary/aromatic N) is 1. The fraction of sp³-hybridized carbons (Fsp3) is 0.909. The predicted octanol–water partition coefficient (Wildman–Crippen LogP) is 5.96. The van der Waals surface area contributed by atoms with E-state index in [-0.39, 0.29) is 17.2 Å². The first-order valence-corrected chi connectivity index (χ1v) is 13.7. The molecule has 0 aromatic carbocycles. The molecule has 0 aliphatic heterocycles. The maximum absolute atomic E-state index is 13.1. The van der Waals surface area contributed by atoms with Crippen molar-refractivity contribution in [1.29, 1.82) is 0 Å². The van der Waals surface area contributed by atoms with E-state index in [1.54, 1.807) is 41.5 Å². The molecule has 2 fully saturated rings. The number of fused-ring (bicyclic) bond motifs is 1. The molecule has 29 heavy (non-hydrogen) atoms. The molecule has 2 aliphatic rings. The van der Waals surface area contributed by atoms with E-state index in [4.69, 9.17) is 13.9 Å². The van der Waals surface area contributed by atoms with Gasteiger partial charge in [0.25, 0.3) is 0 Å². The van der Waals surface area contributed by atoms with Crippen LogP contribution in [0, 0.1) is 11.8 Å². The number of carbonyl (C=O) groups is 2. The second-order valence-electron chi connectivity index (χ2n) is 12.1. The van der Waals surface area contributed by atoms with Crippen LogP contribution in [0.25, 0.3) is 0 Å². The van der Waals surface area contributed by atoms with Gasteiger partial charge in [0, 0.05) is 0 Å². The monoisotopic (exact) mass is 427 g/mol. The summed E-state index contributed by atoms with van der Waals surface area (Å²) in [4.78, 5) is 27.3. The van der Waals surface area contributed by atoms with Gasteiger partial charge in [-0.15, -0.1) is 0 Å². The van der Waals surface area contributed by atoms with E-state index in [9.17, 15) is 9.59 Å². The van der Waals surface area contributed by atoms with Crippen LogP contribution in [0.5, 0.6) is 0 Å². The second kappa shape index (κ2) is 7.56. The molecule has 168 valence electrons. The standard InChI is InChI=1S/C22H41NO5Si/c1-20(2,3)26-18(24)23(19(25)27-21(4,5)6)16-13-14-12-15(14)17(16)28-29(10,11)22(7,8)9/h14-17H,12-13H2,1-11H3/t14-,15-,16-,17-/m0/s1. The lowest BCUT2D eigenvalue weighted by atomic mass is 10.1. The summed E-state index contributed by atoms with van der Waals surface area (Å²) in [6.07, 6.45) is 0.402. The van der Waals surface area contributed by atoms with E-state index in [0.29, 0.717) is 11.8 Å². The SMILES string of the molecule is CC(C)(C)OC(=O)N(C(=O)OC(C)(C)C)[C@H]1C[C@@H]2C[C@@H]2[C@@H]1O[Si](C)(C)C(C)(C)C. The zero-order valence-corrected chi connectivity index (χ0v) is 21.2. The average molecular weight is 428 g/mol. The summed E-state index contributed by atoms with van der Waals surface area (Å²) in [5.74, 6) is 0.906. The maximum Gasteiger partial charge on any atom is 0.420 e. The lowest BCUT2D eigenvalue weighted by Crippen LogP contribution is -2.55. The smallest absolute Gasteiger partial charge is 0.420 e. The summed E-state index contributed by atoms with van der Waals surface area (Å²) < 4.78 is 17.9. The van der Waals surface area contributed by atoms with Crippen LogP contribution in [0.3, 0.4) is 0 Å². The number of amides is 2. The van der Waals surface area contributed by atoms with Gasteiger partial charge in [-0.1, -0.05) is 20.8 Å². The molecule has 0 saturated heterocycles. The molecule has 7 heteroatoms. The third-order valence-electron chi connectivity index (χ3n) is 6.07. The topological polar surface area (TPSA) is 65.1 Å². The Morgan fingerprint density at radius 1 is 0.828 bits per heavy atom. The lowest BCUT2D eigenvalue weighted by Gasteiger charge is -2.42. The predicted molar refractivity (Wildman–Crippen MR) is 116 cm³/mol. The Morgan fingerprint density at radius 3 is 1.66 bits per heavy atom. The number of carbonyl (C=O) groups excluding carboxylic acids is 2. The van der Waals surface area contributed by atoms with Crippen LogP contribution in [0.15, 0.2) is 0 Å². The van der Waals surface area contributed by atoms with Crippen molar-refractivity contribution in [2.24, 2.45) is 11.8 Å². The summed E-state index contributed by atoms with van der Waals surface area (Å²) in [6.45, 7) is 21.8. The zero-order valence-electron chi connectivity index (χ0n) is 20.2. The fourth-order valence-electron chi connectivity index (χ4n) is 3.58. The van der Waals surface area contributed by atoms with Crippen molar-refractivity contribution in [3.8, 4) is 0 Å². The first kappa shape index (κ1) is 24.2. The average Bonchev–Trinajstić information content (AvgIpc) is 3.11. The quantitative estimate of drug-likeness (QED) is 0.520. The van der Waals surface area contributed by atoms with Gasteiger partial charge in [-0.3, -0.25) is 0 Å². The number of ether oxygens (including phenoxy) is 2. The van der Waals surface area contributed by atoms with E-state index in [1.165, 1.54) is 4.90 Å². The summed E-state index contributed by atoms with van der Waals surface area (Å²) in [5.41, 5.74) is -1.40. The number of imide groups is 1. The highest BCUT2D eigenvalue weighted by Gasteiger charge is 2.60. The highest BCUT2D eigenvalue weighted by Crippen LogP contribution is 2.56. The molecule has 2 saturated carbocycles. The third-order valence-corrected chi connectivity index (χ3v) is 10.5. The molecular formula is C22H41NO5Si. The lowest BCUT2D eigenvalue weighted by molar-refractivity contribution is -0.0213. The van der Waals surface area contributed by atoms with Crippen molar-refractivity contribution >= 4 is 20.5 Å². The van der Waals surface area contributed by atoms with Gasteiger partial charge in [-0.05, 0) is 84.4 Å². The van der Waals surface area contributed by atoms with Crippen molar-refractivity contribution < 1.29 is 23.5 Å². The molecular weight excluding hydrogens is 386 g/mol. The Hall–Kier alpha value is -1.08. The molecule has 2 rings (SSSR count). The van der Waals surface area contributed by atoms with Crippen LogP contribution < -0.4 is 0 Å². The summed E-state index contributed by atoms with van der Waals surface area (Å²) in [7, 11) is -2.07. The van der Waals surface area contributed by atoms with Crippen molar-refractivity contribution in [1.82, 2.24) is 4.90 Å². The highest BCUT2D eigenvalue weighted by molar-refractivity contribution is 6.74. The fourth-order valence-corrected chi connectivity index (χ4v) is 4.94. The van der Waals surface area contributed by atoms with E-state index in [0.717, 1.165) is 12.8 Å². The number of hydrogen-bond acceptors (Lipinski definition) is 5. The minimum Gasteiger partial charge on any atom is -0.443 e. The van der Waals surface area contributed by atoms with E-state index < -0.39 is 31.7 Å². The molecule has 0 aromatic rings. The second-order valence-corrected chi connectivity index (χ2v) is 16.9. The van der Waals surface area contributed by atoms with Gasteiger partial charge < -0.3 is 13.9 Å². The van der Waals surface area contributed by atoms with Gasteiger partial charge in [0.2, 0.25) is 0 Å². The third kappa shape index (κ3) is 5.97. The van der Waals surface area contributed by atoms with Crippen molar-refractivity contribution in [2.75, 3.05) is 0 Å². The molecule has 0 spiro atoms. The minimum absolute atomic E-state index is 0.0488. The summed E-state index contributed by atoms with van der Waals surface area (Å²) >= 11 is 0. The van der Waals surface area contributed by atoms with Crippen LogP contribution >= 0.6 is 0 Å². The maximum atomic E-state index is 13.1. The van der Waals surface area contributed by atoms with Gasteiger partial charge in [-0.2, -0.15) is 0 Å². The highest BCUT2D eigenvalue weighted by atomic mass is 28.4. The first-order valence-electron chi connectivity index (χ1n) is 10.8. The summed E-state index contributed by atoms with van der Waals surface area (Å²) in [5, 5.41) is 0.0488. The first-order chi connectivity index (χ1) is 12.8. The van der Waals surface area contributed by atoms with E-state index in [1.807, 2.05) is 0 Å². The minimum atomic E-state index is -2.07. The van der Waals surface area contributed by atoms with Gasteiger partial charge >= 0.3 is 12.2 Å². The van der Waals surface area contributed by atoms with Gasteiger partial charge in [-0.25, -0.2) is 14.5 Å². The molecule has 2 amide bonds. The number of rotatable bonds is 3. The molecule has 0 heterocycles. The van der Waals surface area contributed by atoms with Crippen LogP contribution in [-0.4, -0.2) is 48.8 Å². The van der Waals surface area contributed by atoms with Crippen LogP contribution in [0.1, 0.15) is 75.2 Å². The molecule has 0 N–H and O–H groups in total. The molecule has 0 bridgehead atoms.